The molecule has 1 amide bonds. The Balaban J connectivity index is 1.49. The molecule has 4 nitrogen and oxygen atoms in total. The smallest absolute Gasteiger partial charge is 0.307 e. The van der Waals surface area contributed by atoms with Crippen molar-refractivity contribution in [2.24, 2.45) is 35.0 Å². The molecule has 4 saturated carbocycles. The highest BCUT2D eigenvalue weighted by molar-refractivity contribution is 5.85. The summed E-state index contributed by atoms with van der Waals surface area (Å²) in [4.78, 5) is 24.5. The van der Waals surface area contributed by atoms with Crippen LogP contribution in [0.5, 0.6) is 0 Å². The van der Waals surface area contributed by atoms with E-state index in [1.807, 2.05) is 12.2 Å². The van der Waals surface area contributed by atoms with Gasteiger partial charge in [-0.15, -0.1) is 0 Å². The summed E-state index contributed by atoms with van der Waals surface area (Å²) in [6.07, 6.45) is 13.9. The Labute approximate surface area is 150 Å². The minimum atomic E-state index is -0.840. The predicted molar refractivity (Wildman–Crippen MR) is 95.8 cm³/mol. The van der Waals surface area contributed by atoms with E-state index in [1.165, 1.54) is 38.5 Å². The van der Waals surface area contributed by atoms with E-state index in [4.69, 9.17) is 0 Å². The van der Waals surface area contributed by atoms with Gasteiger partial charge < -0.3 is 10.4 Å². The van der Waals surface area contributed by atoms with Crippen molar-refractivity contribution in [2.45, 2.75) is 70.8 Å². The van der Waals surface area contributed by atoms with Crippen LogP contribution in [0.25, 0.3) is 0 Å². The van der Waals surface area contributed by atoms with Crippen molar-refractivity contribution >= 4 is 11.9 Å². The Hall–Kier alpha value is -1.32. The van der Waals surface area contributed by atoms with Crippen molar-refractivity contribution < 1.29 is 14.7 Å². The van der Waals surface area contributed by atoms with Crippen molar-refractivity contribution in [2.75, 3.05) is 0 Å². The molecule has 0 unspecified atom stereocenters. The molecule has 138 valence electrons. The minimum absolute atomic E-state index is 0.0284. The molecule has 0 aromatic carbocycles. The molecule has 2 N–H and O–H groups in total. The maximum absolute atomic E-state index is 13.0. The number of hydrogen-bond acceptors (Lipinski definition) is 2. The highest BCUT2D eigenvalue weighted by atomic mass is 16.4. The fourth-order valence-electron chi connectivity index (χ4n) is 6.95. The van der Waals surface area contributed by atoms with Crippen LogP contribution in [0.15, 0.2) is 12.2 Å². The molecule has 3 atom stereocenters. The van der Waals surface area contributed by atoms with Gasteiger partial charge in [-0.25, -0.2) is 0 Å². The van der Waals surface area contributed by atoms with Crippen LogP contribution < -0.4 is 5.32 Å². The first-order chi connectivity index (χ1) is 12.0. The van der Waals surface area contributed by atoms with Crippen LogP contribution in [-0.2, 0) is 9.59 Å². The molecule has 0 spiro atoms. The largest absolute Gasteiger partial charge is 0.481 e. The number of carboxylic acids is 1. The molecule has 0 aromatic rings. The maximum atomic E-state index is 13.0. The van der Waals surface area contributed by atoms with Gasteiger partial charge in [-0.1, -0.05) is 19.1 Å². The van der Waals surface area contributed by atoms with E-state index in [9.17, 15) is 14.7 Å². The average Bonchev–Trinajstić information content (AvgIpc) is 2.58. The van der Waals surface area contributed by atoms with Gasteiger partial charge in [-0.3, -0.25) is 9.59 Å². The summed E-state index contributed by atoms with van der Waals surface area (Å²) < 4.78 is 0. The summed E-state index contributed by atoms with van der Waals surface area (Å²) in [5.74, 6) is 0.737. The molecule has 5 aliphatic carbocycles. The number of carbonyl (C=O) groups is 2. The third kappa shape index (κ3) is 3.02. The molecule has 5 aliphatic rings. The average molecular weight is 345 g/mol. The van der Waals surface area contributed by atoms with Gasteiger partial charge in [-0.2, -0.15) is 0 Å². The fraction of sp³-hybridized carbons (Fsp3) is 0.810. The lowest BCUT2D eigenvalue weighted by Crippen LogP contribution is -2.57. The zero-order valence-electron chi connectivity index (χ0n) is 15.2. The standard InChI is InChI=1S/C21H31NO3/c1-2-18(21-10-13-7-14(11-21)9-15(8-13)12-21)22-19(23)16-5-3-4-6-17(16)20(24)25/h3-4,13-18H,2,5-12H2,1H3,(H,22,23)(H,24,25)/t13?,14?,15?,16-,17+,18-,21?/m0/s1. The highest BCUT2D eigenvalue weighted by Gasteiger charge is 2.54. The molecule has 0 saturated heterocycles. The van der Waals surface area contributed by atoms with Crippen LogP contribution in [0.4, 0.5) is 0 Å². The summed E-state index contributed by atoms with van der Waals surface area (Å²) >= 11 is 0. The van der Waals surface area contributed by atoms with Crippen LogP contribution in [-0.4, -0.2) is 23.0 Å². The third-order valence-corrected chi connectivity index (χ3v) is 7.64. The van der Waals surface area contributed by atoms with Crippen LogP contribution in [0.3, 0.4) is 0 Å². The molecular formula is C21H31NO3. The number of rotatable bonds is 5. The first-order valence-electron chi connectivity index (χ1n) is 10.2. The van der Waals surface area contributed by atoms with Gasteiger partial charge in [0.15, 0.2) is 0 Å². The Morgan fingerprint density at radius 1 is 1.04 bits per heavy atom. The number of carboxylic acid groups (broad SMARTS) is 1. The number of hydrogen-bond donors (Lipinski definition) is 2. The molecular weight excluding hydrogens is 314 g/mol. The Morgan fingerprint density at radius 2 is 1.56 bits per heavy atom. The van der Waals surface area contributed by atoms with Crippen molar-refractivity contribution in [3.05, 3.63) is 12.2 Å². The minimum Gasteiger partial charge on any atom is -0.481 e. The monoisotopic (exact) mass is 345 g/mol. The summed E-state index contributed by atoms with van der Waals surface area (Å²) in [6, 6.07) is 0.216. The second kappa shape index (κ2) is 6.44. The van der Waals surface area contributed by atoms with E-state index in [-0.39, 0.29) is 17.4 Å². The van der Waals surface area contributed by atoms with Crippen LogP contribution in [0.1, 0.15) is 64.7 Å². The quantitative estimate of drug-likeness (QED) is 0.746. The lowest BCUT2D eigenvalue weighted by molar-refractivity contribution is -0.148. The van der Waals surface area contributed by atoms with Crippen molar-refractivity contribution in [1.29, 1.82) is 0 Å². The molecule has 4 bridgehead atoms. The molecule has 0 radical (unpaired) electrons. The van der Waals surface area contributed by atoms with Gasteiger partial charge in [0, 0.05) is 6.04 Å². The van der Waals surface area contributed by atoms with E-state index in [1.54, 1.807) is 0 Å². The number of aliphatic carboxylic acids is 1. The molecule has 0 aromatic heterocycles. The second-order valence-electron chi connectivity index (χ2n) is 9.24. The van der Waals surface area contributed by atoms with Crippen molar-refractivity contribution in [3.8, 4) is 0 Å². The number of amides is 1. The third-order valence-electron chi connectivity index (χ3n) is 7.64. The van der Waals surface area contributed by atoms with E-state index in [0.717, 1.165) is 24.2 Å². The van der Waals surface area contributed by atoms with E-state index in [0.29, 0.717) is 12.8 Å². The normalized spacial score (nSPS) is 43.0. The Morgan fingerprint density at radius 3 is 2.04 bits per heavy atom. The topological polar surface area (TPSA) is 66.4 Å². The van der Waals surface area contributed by atoms with Crippen LogP contribution >= 0.6 is 0 Å². The lowest BCUT2D eigenvalue weighted by Gasteiger charge is -2.59. The molecule has 4 fully saturated rings. The maximum Gasteiger partial charge on any atom is 0.307 e. The van der Waals surface area contributed by atoms with Gasteiger partial charge in [0.05, 0.1) is 11.8 Å². The lowest BCUT2D eigenvalue weighted by atomic mass is 9.47. The summed E-state index contributed by atoms with van der Waals surface area (Å²) in [5, 5.41) is 12.8. The SMILES string of the molecule is CC[C@H](NC(=O)[C@H]1CC=CC[C@H]1C(=O)O)C12CC3CC(CC(C3)C1)C2. The molecule has 0 heterocycles. The Kier molecular flexibility index (Phi) is 4.41. The molecule has 5 rings (SSSR count). The molecule has 25 heavy (non-hydrogen) atoms. The van der Waals surface area contributed by atoms with Gasteiger partial charge in [0.2, 0.25) is 5.91 Å². The molecule has 0 aliphatic heterocycles. The Bertz CT molecular complexity index is 546. The summed E-state index contributed by atoms with van der Waals surface area (Å²) in [6.45, 7) is 2.18. The van der Waals surface area contributed by atoms with Gasteiger partial charge in [0.1, 0.15) is 0 Å². The zero-order chi connectivity index (χ0) is 17.6. The first-order valence-corrected chi connectivity index (χ1v) is 10.2. The predicted octanol–water partition coefficient (Wildman–Crippen LogP) is 3.76. The highest BCUT2D eigenvalue weighted by Crippen LogP contribution is 2.61. The number of allylic oxidation sites excluding steroid dienone is 2. The van der Waals surface area contributed by atoms with E-state index in [2.05, 4.69) is 12.2 Å². The molecule has 4 heteroatoms. The summed E-state index contributed by atoms with van der Waals surface area (Å²) in [5.41, 5.74) is 0.280. The number of carbonyl (C=O) groups excluding carboxylic acids is 1. The van der Waals surface area contributed by atoms with E-state index < -0.39 is 17.8 Å². The van der Waals surface area contributed by atoms with Crippen LogP contribution in [0.2, 0.25) is 0 Å². The number of nitrogens with one attached hydrogen (secondary N) is 1. The zero-order valence-corrected chi connectivity index (χ0v) is 15.2. The van der Waals surface area contributed by atoms with Crippen molar-refractivity contribution in [3.63, 3.8) is 0 Å². The van der Waals surface area contributed by atoms with Gasteiger partial charge in [-0.05, 0) is 81.0 Å². The van der Waals surface area contributed by atoms with E-state index >= 15 is 0 Å². The van der Waals surface area contributed by atoms with Crippen molar-refractivity contribution in [1.82, 2.24) is 5.32 Å². The van der Waals surface area contributed by atoms with Gasteiger partial charge in [0.25, 0.3) is 0 Å². The summed E-state index contributed by atoms with van der Waals surface area (Å²) in [7, 11) is 0. The van der Waals surface area contributed by atoms with Gasteiger partial charge >= 0.3 is 5.97 Å². The second-order valence-corrected chi connectivity index (χ2v) is 9.24. The van der Waals surface area contributed by atoms with Crippen LogP contribution in [0, 0.1) is 35.0 Å². The first kappa shape index (κ1) is 17.1. The fourth-order valence-corrected chi connectivity index (χ4v) is 6.95.